The van der Waals surface area contributed by atoms with Crippen molar-refractivity contribution in [2.75, 3.05) is 13.7 Å². The Morgan fingerprint density at radius 1 is 1.57 bits per heavy atom. The molecular weight excluding hydrogens is 184 g/mol. The lowest BCUT2D eigenvalue weighted by atomic mass is 9.88. The van der Waals surface area contributed by atoms with Gasteiger partial charge in [0.25, 0.3) is 0 Å². The molecule has 0 radical (unpaired) electrons. The molecule has 4 nitrogen and oxygen atoms in total. The van der Waals surface area contributed by atoms with E-state index < -0.39 is 11.7 Å². The van der Waals surface area contributed by atoms with Gasteiger partial charge in [0.2, 0.25) is 0 Å². The Balaban J connectivity index is 2.66. The molecule has 1 saturated heterocycles. The van der Waals surface area contributed by atoms with Crippen LogP contribution in [-0.4, -0.2) is 42.9 Å². The van der Waals surface area contributed by atoms with Crippen LogP contribution in [0.1, 0.15) is 27.2 Å². The van der Waals surface area contributed by atoms with Gasteiger partial charge in [-0.15, -0.1) is 0 Å². The Labute approximate surface area is 85.2 Å². The Hall–Kier alpha value is -0.160. The second-order valence-electron chi connectivity index (χ2n) is 3.89. The van der Waals surface area contributed by atoms with Crippen LogP contribution in [0.15, 0.2) is 0 Å². The van der Waals surface area contributed by atoms with Crippen LogP contribution in [0.5, 0.6) is 0 Å². The van der Waals surface area contributed by atoms with Gasteiger partial charge in [0.15, 0.2) is 6.29 Å². The number of aliphatic hydroxyl groups excluding tert-OH is 1. The normalized spacial score (nSPS) is 43.9. The summed E-state index contributed by atoms with van der Waals surface area (Å²) >= 11 is 0. The summed E-state index contributed by atoms with van der Waals surface area (Å²) in [5.41, 5.74) is -0.572. The van der Waals surface area contributed by atoms with E-state index in [0.29, 0.717) is 13.0 Å². The highest BCUT2D eigenvalue weighted by Crippen LogP contribution is 2.32. The van der Waals surface area contributed by atoms with Gasteiger partial charge in [0, 0.05) is 20.1 Å². The Morgan fingerprint density at radius 3 is 2.71 bits per heavy atom. The number of ether oxygens (including phenoxy) is 3. The fourth-order valence-corrected chi connectivity index (χ4v) is 1.80. The van der Waals surface area contributed by atoms with E-state index in [9.17, 15) is 5.11 Å². The summed E-state index contributed by atoms with van der Waals surface area (Å²) in [5.74, 6) is 0. The Kier molecular flexibility index (Phi) is 3.89. The average molecular weight is 204 g/mol. The van der Waals surface area contributed by atoms with Crippen LogP contribution in [0.4, 0.5) is 0 Å². The second-order valence-corrected chi connectivity index (χ2v) is 3.89. The molecule has 4 atom stereocenters. The van der Waals surface area contributed by atoms with E-state index in [0.717, 1.165) is 0 Å². The highest BCUT2D eigenvalue weighted by atomic mass is 16.7. The van der Waals surface area contributed by atoms with Crippen molar-refractivity contribution < 1.29 is 19.3 Å². The van der Waals surface area contributed by atoms with Crippen molar-refractivity contribution in [3.63, 3.8) is 0 Å². The summed E-state index contributed by atoms with van der Waals surface area (Å²) in [7, 11) is 1.60. The first-order valence-corrected chi connectivity index (χ1v) is 5.03. The molecule has 0 aliphatic carbocycles. The van der Waals surface area contributed by atoms with Gasteiger partial charge in [-0.2, -0.15) is 0 Å². The van der Waals surface area contributed by atoms with Crippen LogP contribution in [0.3, 0.4) is 0 Å². The molecule has 1 aliphatic heterocycles. The number of aliphatic hydroxyl groups is 1. The molecule has 14 heavy (non-hydrogen) atoms. The molecule has 1 rings (SSSR count). The predicted molar refractivity (Wildman–Crippen MR) is 52.0 cm³/mol. The van der Waals surface area contributed by atoms with E-state index in [4.69, 9.17) is 14.2 Å². The van der Waals surface area contributed by atoms with E-state index in [-0.39, 0.29) is 12.4 Å². The Morgan fingerprint density at radius 2 is 2.21 bits per heavy atom. The molecule has 1 N–H and O–H groups in total. The highest BCUT2D eigenvalue weighted by Gasteiger charge is 2.44. The number of rotatable bonds is 3. The molecule has 84 valence electrons. The van der Waals surface area contributed by atoms with Gasteiger partial charge in [-0.25, -0.2) is 0 Å². The van der Waals surface area contributed by atoms with Gasteiger partial charge in [0.05, 0.1) is 11.7 Å². The number of methoxy groups -OCH3 is 1. The summed E-state index contributed by atoms with van der Waals surface area (Å²) in [6.45, 7) is 6.23. The molecule has 0 amide bonds. The van der Waals surface area contributed by atoms with Gasteiger partial charge in [0.1, 0.15) is 6.10 Å². The van der Waals surface area contributed by atoms with Crippen molar-refractivity contribution in [3.05, 3.63) is 0 Å². The number of hydrogen-bond donors (Lipinski definition) is 1. The predicted octanol–water partition coefficient (Wildman–Crippen LogP) is 0.924. The summed E-state index contributed by atoms with van der Waals surface area (Å²) in [5, 5.41) is 9.88. The first-order valence-electron chi connectivity index (χ1n) is 5.03. The zero-order valence-electron chi connectivity index (χ0n) is 9.32. The molecule has 1 aliphatic rings. The third-order valence-electron chi connectivity index (χ3n) is 2.83. The molecule has 4 heteroatoms. The van der Waals surface area contributed by atoms with Crippen molar-refractivity contribution in [1.82, 2.24) is 0 Å². The van der Waals surface area contributed by atoms with Gasteiger partial charge in [-0.05, 0) is 20.8 Å². The SMILES string of the molecule is CCO[C@@H]1C[C@](C)(OC)[C@H](O)[C@@H](C)O1. The average Bonchev–Trinajstić information content (AvgIpc) is 2.15. The van der Waals surface area contributed by atoms with Gasteiger partial charge in [-0.3, -0.25) is 0 Å². The third-order valence-corrected chi connectivity index (χ3v) is 2.83. The highest BCUT2D eigenvalue weighted by molar-refractivity contribution is 4.92. The maximum atomic E-state index is 9.88. The lowest BCUT2D eigenvalue weighted by Gasteiger charge is -2.44. The molecule has 0 saturated carbocycles. The first-order chi connectivity index (χ1) is 6.53. The third kappa shape index (κ3) is 2.25. The van der Waals surface area contributed by atoms with Gasteiger partial charge < -0.3 is 19.3 Å². The monoisotopic (exact) mass is 204 g/mol. The van der Waals surface area contributed by atoms with E-state index in [1.165, 1.54) is 0 Å². The van der Waals surface area contributed by atoms with E-state index >= 15 is 0 Å². The fourth-order valence-electron chi connectivity index (χ4n) is 1.80. The van der Waals surface area contributed by atoms with Crippen molar-refractivity contribution >= 4 is 0 Å². The molecule has 1 fully saturated rings. The molecule has 1 heterocycles. The maximum absolute atomic E-state index is 9.88. The van der Waals surface area contributed by atoms with Crippen molar-refractivity contribution in [2.24, 2.45) is 0 Å². The number of hydrogen-bond acceptors (Lipinski definition) is 4. The summed E-state index contributed by atoms with van der Waals surface area (Å²) in [6, 6.07) is 0. The summed E-state index contributed by atoms with van der Waals surface area (Å²) < 4.78 is 16.2. The zero-order valence-corrected chi connectivity index (χ0v) is 9.32. The minimum Gasteiger partial charge on any atom is -0.387 e. The lowest BCUT2D eigenvalue weighted by molar-refractivity contribution is -0.276. The topological polar surface area (TPSA) is 47.9 Å². The molecule has 0 aromatic rings. The van der Waals surface area contributed by atoms with Gasteiger partial charge in [-0.1, -0.05) is 0 Å². The standard InChI is InChI=1S/C10H20O4/c1-5-13-8-6-10(3,12-4)9(11)7(2)14-8/h7-9,11H,5-6H2,1-4H3/t7-,8+,9-,10+/m1/s1. The van der Waals surface area contributed by atoms with E-state index in [2.05, 4.69) is 0 Å². The maximum Gasteiger partial charge on any atom is 0.160 e. The molecule has 0 aromatic heterocycles. The molecule has 0 bridgehead atoms. The van der Waals surface area contributed by atoms with Crippen molar-refractivity contribution in [2.45, 2.75) is 51.3 Å². The fraction of sp³-hybridized carbons (Fsp3) is 1.00. The second kappa shape index (κ2) is 4.57. The van der Waals surface area contributed by atoms with E-state index in [1.54, 1.807) is 7.11 Å². The molecule has 0 spiro atoms. The minimum atomic E-state index is -0.607. The quantitative estimate of drug-likeness (QED) is 0.742. The van der Waals surface area contributed by atoms with Crippen LogP contribution >= 0.6 is 0 Å². The molecular formula is C10H20O4. The van der Waals surface area contributed by atoms with Crippen LogP contribution in [0.2, 0.25) is 0 Å². The summed E-state index contributed by atoms with van der Waals surface area (Å²) in [4.78, 5) is 0. The lowest BCUT2D eigenvalue weighted by Crippen LogP contribution is -2.56. The van der Waals surface area contributed by atoms with Crippen LogP contribution in [-0.2, 0) is 14.2 Å². The molecule has 0 aromatic carbocycles. The minimum absolute atomic E-state index is 0.259. The zero-order chi connectivity index (χ0) is 10.8. The smallest absolute Gasteiger partial charge is 0.160 e. The van der Waals surface area contributed by atoms with Crippen molar-refractivity contribution in [3.8, 4) is 0 Å². The Bertz CT molecular complexity index is 185. The van der Waals surface area contributed by atoms with E-state index in [1.807, 2.05) is 20.8 Å². The van der Waals surface area contributed by atoms with Gasteiger partial charge >= 0.3 is 0 Å². The van der Waals surface area contributed by atoms with Crippen LogP contribution in [0.25, 0.3) is 0 Å². The van der Waals surface area contributed by atoms with Crippen LogP contribution < -0.4 is 0 Å². The molecule has 0 unspecified atom stereocenters. The van der Waals surface area contributed by atoms with Crippen LogP contribution in [0, 0.1) is 0 Å². The van der Waals surface area contributed by atoms with Crippen molar-refractivity contribution in [1.29, 1.82) is 0 Å². The largest absolute Gasteiger partial charge is 0.387 e. The first kappa shape index (κ1) is 11.9. The summed E-state index contributed by atoms with van der Waals surface area (Å²) in [6.07, 6.45) is -0.583.